The van der Waals surface area contributed by atoms with Crippen LogP contribution in [0.25, 0.3) is 0 Å². The summed E-state index contributed by atoms with van der Waals surface area (Å²) >= 11 is 0. The molecule has 7 heteroatoms. The Labute approximate surface area is 160 Å². The standard InChI is InChI=1S/C20H28N6O/c1-21-20(23-14-18-8-10-24-25(18)2)22-13-17-12-19(27)26(15-17)11-9-16-6-4-3-5-7-16/h3-8,10,17H,9,11-15H2,1-2H3,(H2,21,22,23). The number of benzene rings is 1. The van der Waals surface area contributed by atoms with Crippen molar-refractivity contribution in [2.45, 2.75) is 19.4 Å². The van der Waals surface area contributed by atoms with Crippen LogP contribution in [0.15, 0.2) is 47.6 Å². The smallest absolute Gasteiger partial charge is 0.223 e. The van der Waals surface area contributed by atoms with E-state index in [1.165, 1.54) is 5.56 Å². The van der Waals surface area contributed by atoms with E-state index in [2.05, 4.69) is 32.9 Å². The molecule has 1 unspecified atom stereocenters. The predicted octanol–water partition coefficient (Wildman–Crippen LogP) is 1.18. The van der Waals surface area contributed by atoms with Crippen molar-refractivity contribution >= 4 is 11.9 Å². The number of aliphatic imine (C=N–C) groups is 1. The number of likely N-dealkylation sites (tertiary alicyclic amines) is 1. The summed E-state index contributed by atoms with van der Waals surface area (Å²) in [7, 11) is 3.67. The number of rotatable bonds is 7. The first-order valence-electron chi connectivity index (χ1n) is 9.39. The molecule has 144 valence electrons. The summed E-state index contributed by atoms with van der Waals surface area (Å²) < 4.78 is 1.83. The highest BCUT2D eigenvalue weighted by Gasteiger charge is 2.29. The molecule has 27 heavy (non-hydrogen) atoms. The molecule has 1 amide bonds. The lowest BCUT2D eigenvalue weighted by molar-refractivity contribution is -0.127. The highest BCUT2D eigenvalue weighted by Crippen LogP contribution is 2.17. The van der Waals surface area contributed by atoms with E-state index in [-0.39, 0.29) is 5.91 Å². The fourth-order valence-corrected chi connectivity index (χ4v) is 3.33. The van der Waals surface area contributed by atoms with E-state index in [0.717, 1.165) is 37.7 Å². The van der Waals surface area contributed by atoms with Crippen molar-refractivity contribution in [3.05, 3.63) is 53.9 Å². The summed E-state index contributed by atoms with van der Waals surface area (Å²) in [4.78, 5) is 18.5. The van der Waals surface area contributed by atoms with Gasteiger partial charge in [-0.3, -0.25) is 14.5 Å². The van der Waals surface area contributed by atoms with Gasteiger partial charge in [-0.05, 0) is 18.1 Å². The molecule has 7 nitrogen and oxygen atoms in total. The van der Waals surface area contributed by atoms with Gasteiger partial charge in [0.2, 0.25) is 5.91 Å². The maximum Gasteiger partial charge on any atom is 0.223 e. The topological polar surface area (TPSA) is 74.5 Å². The van der Waals surface area contributed by atoms with E-state index < -0.39 is 0 Å². The number of hydrogen-bond acceptors (Lipinski definition) is 3. The molecule has 1 saturated heterocycles. The molecule has 1 aliphatic heterocycles. The molecule has 2 heterocycles. The van der Waals surface area contributed by atoms with E-state index in [1.54, 1.807) is 13.2 Å². The number of carbonyl (C=O) groups is 1. The number of guanidine groups is 1. The van der Waals surface area contributed by atoms with Crippen molar-refractivity contribution in [1.29, 1.82) is 0 Å². The third-order valence-electron chi connectivity index (χ3n) is 4.95. The summed E-state index contributed by atoms with van der Waals surface area (Å²) in [6.45, 7) is 2.98. The average Bonchev–Trinajstić information content (AvgIpc) is 3.26. The minimum atomic E-state index is 0.246. The molecule has 0 saturated carbocycles. The molecular formula is C20H28N6O. The zero-order valence-electron chi connectivity index (χ0n) is 16.1. The molecule has 1 atom stereocenters. The van der Waals surface area contributed by atoms with Crippen LogP contribution in [-0.4, -0.2) is 53.2 Å². The van der Waals surface area contributed by atoms with Gasteiger partial charge in [0.1, 0.15) is 0 Å². The summed E-state index contributed by atoms with van der Waals surface area (Å²) in [5.74, 6) is 1.30. The fourth-order valence-electron chi connectivity index (χ4n) is 3.33. The molecule has 0 bridgehead atoms. The molecule has 2 N–H and O–H groups in total. The fraction of sp³-hybridized carbons (Fsp3) is 0.450. The Kier molecular flexibility index (Phi) is 6.46. The van der Waals surface area contributed by atoms with E-state index in [9.17, 15) is 4.79 Å². The van der Waals surface area contributed by atoms with Crippen molar-refractivity contribution in [3.8, 4) is 0 Å². The minimum Gasteiger partial charge on any atom is -0.356 e. The first-order chi connectivity index (χ1) is 13.2. The van der Waals surface area contributed by atoms with Crippen LogP contribution in [0.4, 0.5) is 0 Å². The Morgan fingerprint density at radius 2 is 2.07 bits per heavy atom. The number of amides is 1. The molecular weight excluding hydrogens is 340 g/mol. The minimum absolute atomic E-state index is 0.246. The zero-order chi connectivity index (χ0) is 19.1. The van der Waals surface area contributed by atoms with E-state index in [1.807, 2.05) is 40.9 Å². The van der Waals surface area contributed by atoms with Gasteiger partial charge < -0.3 is 15.5 Å². The first-order valence-corrected chi connectivity index (χ1v) is 9.39. The normalized spacial score (nSPS) is 17.4. The van der Waals surface area contributed by atoms with Crippen LogP contribution in [0, 0.1) is 5.92 Å². The quantitative estimate of drug-likeness (QED) is 0.568. The second kappa shape index (κ2) is 9.21. The Balaban J connectivity index is 1.41. The van der Waals surface area contributed by atoms with Crippen LogP contribution in [0.2, 0.25) is 0 Å². The van der Waals surface area contributed by atoms with Crippen LogP contribution in [0.3, 0.4) is 0 Å². The van der Waals surface area contributed by atoms with E-state index in [0.29, 0.717) is 18.9 Å². The Morgan fingerprint density at radius 3 is 2.78 bits per heavy atom. The predicted molar refractivity (Wildman–Crippen MR) is 106 cm³/mol. The lowest BCUT2D eigenvalue weighted by atomic mass is 10.1. The van der Waals surface area contributed by atoms with Gasteiger partial charge in [-0.1, -0.05) is 30.3 Å². The van der Waals surface area contributed by atoms with Crippen molar-refractivity contribution < 1.29 is 4.79 Å². The molecule has 0 spiro atoms. The van der Waals surface area contributed by atoms with Gasteiger partial charge in [0, 0.05) is 52.3 Å². The van der Waals surface area contributed by atoms with Crippen LogP contribution in [-0.2, 0) is 24.8 Å². The molecule has 2 aromatic rings. The number of aromatic nitrogens is 2. The van der Waals surface area contributed by atoms with Crippen LogP contribution < -0.4 is 10.6 Å². The number of hydrogen-bond donors (Lipinski definition) is 2. The summed E-state index contributed by atoms with van der Waals surface area (Å²) in [5, 5.41) is 10.8. The summed E-state index contributed by atoms with van der Waals surface area (Å²) in [6.07, 6.45) is 3.28. The molecule has 1 fully saturated rings. The SMILES string of the molecule is CN=C(NCc1ccnn1C)NCC1CC(=O)N(CCc2ccccc2)C1. The first kappa shape index (κ1) is 18.9. The third-order valence-corrected chi connectivity index (χ3v) is 4.95. The van der Waals surface area contributed by atoms with Crippen molar-refractivity contribution in [2.24, 2.45) is 18.0 Å². The highest BCUT2D eigenvalue weighted by molar-refractivity contribution is 5.80. The molecule has 1 aromatic carbocycles. The lowest BCUT2D eigenvalue weighted by Crippen LogP contribution is -2.40. The number of nitrogens with zero attached hydrogens (tertiary/aromatic N) is 4. The van der Waals surface area contributed by atoms with Crippen LogP contribution >= 0.6 is 0 Å². The third kappa shape index (κ3) is 5.32. The van der Waals surface area contributed by atoms with Crippen LogP contribution in [0.1, 0.15) is 17.7 Å². The molecule has 0 radical (unpaired) electrons. The Bertz CT molecular complexity index is 770. The maximum absolute atomic E-state index is 12.3. The van der Waals surface area contributed by atoms with E-state index >= 15 is 0 Å². The van der Waals surface area contributed by atoms with Gasteiger partial charge in [0.15, 0.2) is 5.96 Å². The van der Waals surface area contributed by atoms with Gasteiger partial charge in [-0.2, -0.15) is 5.10 Å². The van der Waals surface area contributed by atoms with Crippen molar-refractivity contribution in [1.82, 2.24) is 25.3 Å². The molecule has 0 aliphatic carbocycles. The maximum atomic E-state index is 12.3. The summed E-state index contributed by atoms with van der Waals surface area (Å²) in [6, 6.07) is 12.3. The lowest BCUT2D eigenvalue weighted by Gasteiger charge is -2.18. The van der Waals surface area contributed by atoms with E-state index in [4.69, 9.17) is 0 Å². The van der Waals surface area contributed by atoms with Gasteiger partial charge in [-0.15, -0.1) is 0 Å². The molecule has 1 aliphatic rings. The number of nitrogens with one attached hydrogen (secondary N) is 2. The van der Waals surface area contributed by atoms with Crippen molar-refractivity contribution in [3.63, 3.8) is 0 Å². The number of aryl methyl sites for hydroxylation is 1. The number of carbonyl (C=O) groups excluding carboxylic acids is 1. The summed E-state index contributed by atoms with van der Waals surface area (Å²) in [5.41, 5.74) is 2.35. The molecule has 1 aromatic heterocycles. The zero-order valence-corrected chi connectivity index (χ0v) is 16.1. The molecule has 3 rings (SSSR count). The van der Waals surface area contributed by atoms with Crippen LogP contribution in [0.5, 0.6) is 0 Å². The average molecular weight is 368 g/mol. The highest BCUT2D eigenvalue weighted by atomic mass is 16.2. The second-order valence-corrected chi connectivity index (χ2v) is 6.90. The van der Waals surface area contributed by atoms with Gasteiger partial charge in [-0.25, -0.2) is 0 Å². The van der Waals surface area contributed by atoms with Gasteiger partial charge in [0.05, 0.1) is 12.2 Å². The largest absolute Gasteiger partial charge is 0.356 e. The second-order valence-electron chi connectivity index (χ2n) is 6.90. The van der Waals surface area contributed by atoms with Crippen molar-refractivity contribution in [2.75, 3.05) is 26.7 Å². The monoisotopic (exact) mass is 368 g/mol. The Hall–Kier alpha value is -2.83. The van der Waals surface area contributed by atoms with Gasteiger partial charge in [0.25, 0.3) is 0 Å². The Morgan fingerprint density at radius 1 is 1.26 bits per heavy atom. The van der Waals surface area contributed by atoms with Gasteiger partial charge >= 0.3 is 0 Å².